The lowest BCUT2D eigenvalue weighted by Gasteiger charge is -2.33. The van der Waals surface area contributed by atoms with Crippen LogP contribution >= 0.6 is 0 Å². The van der Waals surface area contributed by atoms with Crippen LogP contribution in [-0.4, -0.2) is 11.2 Å². The van der Waals surface area contributed by atoms with E-state index in [4.69, 9.17) is 0 Å². The zero-order chi connectivity index (χ0) is 13.1. The molecule has 100 valence electrons. The monoisotopic (exact) mass is 254 g/mol. The fourth-order valence-electron chi connectivity index (χ4n) is 2.92. The van der Waals surface area contributed by atoms with Crippen LogP contribution in [0.4, 0.5) is 8.78 Å². The summed E-state index contributed by atoms with van der Waals surface area (Å²) < 4.78 is 27.2. The van der Waals surface area contributed by atoms with E-state index in [1.807, 2.05) is 0 Å². The van der Waals surface area contributed by atoms with Gasteiger partial charge in [0.15, 0.2) is 0 Å². The summed E-state index contributed by atoms with van der Waals surface area (Å²) in [7, 11) is 0. The van der Waals surface area contributed by atoms with E-state index in [2.05, 4.69) is 6.92 Å². The van der Waals surface area contributed by atoms with E-state index in [-0.39, 0.29) is 11.5 Å². The summed E-state index contributed by atoms with van der Waals surface area (Å²) in [4.78, 5) is 0. The van der Waals surface area contributed by atoms with Gasteiger partial charge < -0.3 is 5.11 Å². The van der Waals surface area contributed by atoms with Gasteiger partial charge in [0.05, 0.1) is 6.10 Å². The second-order valence-electron chi connectivity index (χ2n) is 5.32. The molecule has 0 heterocycles. The molecule has 3 heteroatoms. The predicted octanol–water partition coefficient (Wildman–Crippen LogP) is 3.69. The Labute approximate surface area is 107 Å². The van der Waals surface area contributed by atoms with Crippen LogP contribution < -0.4 is 0 Å². The van der Waals surface area contributed by atoms with Gasteiger partial charge in [-0.1, -0.05) is 19.4 Å². The molecule has 3 unspecified atom stereocenters. The molecule has 0 saturated heterocycles. The Morgan fingerprint density at radius 3 is 2.50 bits per heavy atom. The van der Waals surface area contributed by atoms with Gasteiger partial charge in [0.25, 0.3) is 0 Å². The highest BCUT2D eigenvalue weighted by Gasteiger charge is 2.29. The Kier molecular flexibility index (Phi) is 4.33. The highest BCUT2D eigenvalue weighted by Crippen LogP contribution is 2.34. The van der Waals surface area contributed by atoms with Crippen LogP contribution in [0.15, 0.2) is 18.2 Å². The van der Waals surface area contributed by atoms with Crippen molar-refractivity contribution in [1.82, 2.24) is 0 Å². The van der Waals surface area contributed by atoms with Gasteiger partial charge in [0.1, 0.15) is 11.6 Å². The molecule has 0 radical (unpaired) electrons. The molecule has 0 aromatic heterocycles. The molecule has 1 aliphatic carbocycles. The van der Waals surface area contributed by atoms with Crippen molar-refractivity contribution in [3.05, 3.63) is 35.4 Å². The molecule has 1 nitrogen and oxygen atoms in total. The van der Waals surface area contributed by atoms with E-state index >= 15 is 0 Å². The quantitative estimate of drug-likeness (QED) is 0.872. The average molecular weight is 254 g/mol. The van der Waals surface area contributed by atoms with E-state index in [1.54, 1.807) is 0 Å². The molecule has 18 heavy (non-hydrogen) atoms. The predicted molar refractivity (Wildman–Crippen MR) is 67.2 cm³/mol. The summed E-state index contributed by atoms with van der Waals surface area (Å²) in [5.41, 5.74) is 0.123. The molecule has 1 aliphatic rings. The number of aliphatic hydroxyl groups excluding tert-OH is 1. The standard InChI is InChI=1S/C15H20F2O/c1-2-10-6-7-15(18)11(8-10)9-12-13(16)4-3-5-14(12)17/h3-5,10-11,15,18H,2,6-9H2,1H3. The van der Waals surface area contributed by atoms with Gasteiger partial charge in [0, 0.05) is 5.56 Å². The number of rotatable bonds is 3. The van der Waals surface area contributed by atoms with Gasteiger partial charge in [-0.25, -0.2) is 8.78 Å². The first-order chi connectivity index (χ1) is 8.61. The topological polar surface area (TPSA) is 20.2 Å². The van der Waals surface area contributed by atoms with Gasteiger partial charge >= 0.3 is 0 Å². The highest BCUT2D eigenvalue weighted by molar-refractivity contribution is 5.20. The maximum atomic E-state index is 13.6. The van der Waals surface area contributed by atoms with Crippen molar-refractivity contribution < 1.29 is 13.9 Å². The molecule has 1 aromatic carbocycles. The third-order valence-electron chi connectivity index (χ3n) is 4.16. The van der Waals surface area contributed by atoms with Crippen LogP contribution in [0, 0.1) is 23.5 Å². The van der Waals surface area contributed by atoms with Gasteiger partial charge in [0.2, 0.25) is 0 Å². The normalized spacial score (nSPS) is 28.3. The SMILES string of the molecule is CCC1CCC(O)C(Cc2c(F)cccc2F)C1. The largest absolute Gasteiger partial charge is 0.393 e. The number of aliphatic hydroxyl groups is 1. The van der Waals surface area contributed by atoms with E-state index in [0.29, 0.717) is 12.3 Å². The zero-order valence-electron chi connectivity index (χ0n) is 10.7. The Morgan fingerprint density at radius 2 is 1.89 bits per heavy atom. The first kappa shape index (κ1) is 13.5. The van der Waals surface area contributed by atoms with E-state index in [1.165, 1.54) is 18.2 Å². The van der Waals surface area contributed by atoms with Crippen molar-refractivity contribution in [2.24, 2.45) is 11.8 Å². The van der Waals surface area contributed by atoms with Crippen molar-refractivity contribution in [2.45, 2.75) is 45.1 Å². The lowest BCUT2D eigenvalue weighted by atomic mass is 9.76. The van der Waals surface area contributed by atoms with Gasteiger partial charge in [-0.15, -0.1) is 0 Å². The summed E-state index contributed by atoms with van der Waals surface area (Å²) in [5, 5.41) is 9.98. The molecule has 1 fully saturated rings. The number of halogens is 2. The Hall–Kier alpha value is -0.960. The van der Waals surface area contributed by atoms with E-state index in [0.717, 1.165) is 25.7 Å². The minimum atomic E-state index is -0.499. The first-order valence-corrected chi connectivity index (χ1v) is 6.72. The Balaban J connectivity index is 2.12. The Morgan fingerprint density at radius 1 is 1.22 bits per heavy atom. The summed E-state index contributed by atoms with van der Waals surface area (Å²) in [6, 6.07) is 3.94. The van der Waals surface area contributed by atoms with Gasteiger partial charge in [-0.2, -0.15) is 0 Å². The van der Waals surface area contributed by atoms with Crippen LogP contribution in [0.3, 0.4) is 0 Å². The van der Waals surface area contributed by atoms with Crippen LogP contribution in [0.25, 0.3) is 0 Å². The van der Waals surface area contributed by atoms with Crippen LogP contribution in [0.5, 0.6) is 0 Å². The van der Waals surface area contributed by atoms with Crippen LogP contribution in [0.1, 0.15) is 38.2 Å². The lowest BCUT2D eigenvalue weighted by Crippen LogP contribution is -2.31. The van der Waals surface area contributed by atoms with Crippen molar-refractivity contribution in [3.8, 4) is 0 Å². The smallest absolute Gasteiger partial charge is 0.129 e. The van der Waals surface area contributed by atoms with E-state index in [9.17, 15) is 13.9 Å². The molecule has 1 saturated carbocycles. The molecule has 3 atom stereocenters. The Bertz CT molecular complexity index is 385. The molecule has 2 rings (SSSR count). The molecule has 1 N–H and O–H groups in total. The lowest BCUT2D eigenvalue weighted by molar-refractivity contribution is 0.0467. The third kappa shape index (κ3) is 2.89. The molecule has 0 bridgehead atoms. The average Bonchev–Trinajstić information content (AvgIpc) is 2.36. The maximum absolute atomic E-state index is 13.6. The summed E-state index contributed by atoms with van der Waals surface area (Å²) in [5.74, 6) is -0.440. The number of benzene rings is 1. The summed E-state index contributed by atoms with van der Waals surface area (Å²) in [6.07, 6.45) is 3.59. The van der Waals surface area contributed by atoms with Crippen molar-refractivity contribution in [2.75, 3.05) is 0 Å². The van der Waals surface area contributed by atoms with Crippen molar-refractivity contribution in [1.29, 1.82) is 0 Å². The molecule has 0 amide bonds. The highest BCUT2D eigenvalue weighted by atomic mass is 19.1. The molecule has 0 aliphatic heterocycles. The summed E-state index contributed by atoms with van der Waals surface area (Å²) >= 11 is 0. The fraction of sp³-hybridized carbons (Fsp3) is 0.600. The zero-order valence-corrected chi connectivity index (χ0v) is 10.7. The first-order valence-electron chi connectivity index (χ1n) is 6.72. The molecule has 0 spiro atoms. The third-order valence-corrected chi connectivity index (χ3v) is 4.16. The fourth-order valence-corrected chi connectivity index (χ4v) is 2.92. The maximum Gasteiger partial charge on any atom is 0.129 e. The van der Waals surface area contributed by atoms with Gasteiger partial charge in [-0.05, 0) is 49.7 Å². The van der Waals surface area contributed by atoms with Crippen LogP contribution in [-0.2, 0) is 6.42 Å². The molecular formula is C15H20F2O. The van der Waals surface area contributed by atoms with Crippen molar-refractivity contribution >= 4 is 0 Å². The minimum Gasteiger partial charge on any atom is -0.393 e. The molecule has 1 aromatic rings. The van der Waals surface area contributed by atoms with E-state index < -0.39 is 17.7 Å². The second-order valence-corrected chi connectivity index (χ2v) is 5.32. The van der Waals surface area contributed by atoms with Crippen molar-refractivity contribution in [3.63, 3.8) is 0 Å². The second kappa shape index (κ2) is 5.79. The minimum absolute atomic E-state index is 0.0184. The summed E-state index contributed by atoms with van der Waals surface area (Å²) in [6.45, 7) is 2.13. The van der Waals surface area contributed by atoms with Crippen LogP contribution in [0.2, 0.25) is 0 Å². The number of hydrogen-bond acceptors (Lipinski definition) is 1. The number of hydrogen-bond donors (Lipinski definition) is 1. The van der Waals surface area contributed by atoms with Gasteiger partial charge in [-0.3, -0.25) is 0 Å². The molecular weight excluding hydrogens is 234 g/mol.